The van der Waals surface area contributed by atoms with Crippen molar-refractivity contribution in [1.29, 1.82) is 0 Å². The molecular formula is C27H29ClN6O3Si. The molecule has 38 heavy (non-hydrogen) atoms. The second kappa shape index (κ2) is 10.3. The van der Waals surface area contributed by atoms with Crippen LogP contribution >= 0.6 is 11.6 Å². The van der Waals surface area contributed by atoms with Crippen molar-refractivity contribution in [3.05, 3.63) is 82.0 Å². The third kappa shape index (κ3) is 5.08. The zero-order valence-corrected chi connectivity index (χ0v) is 23.7. The second-order valence-corrected chi connectivity index (χ2v) is 14.8. The molecule has 1 atom stereocenters. The van der Waals surface area contributed by atoms with Gasteiger partial charge in [0.1, 0.15) is 0 Å². The van der Waals surface area contributed by atoms with Crippen molar-refractivity contribution in [2.75, 3.05) is 6.61 Å². The number of aryl methyl sites for hydroxylation is 1. The molecule has 0 aliphatic rings. The third-order valence-corrected chi connectivity index (χ3v) is 7.18. The molecule has 5 rings (SSSR count). The quantitative estimate of drug-likeness (QED) is 0.190. The largest absolute Gasteiger partial charge is 0.376 e. The Balaban J connectivity index is 1.54. The number of aromatic amines is 1. The summed E-state index contributed by atoms with van der Waals surface area (Å²) in [5, 5.41) is 12.8. The first-order chi connectivity index (χ1) is 18.2. The first-order valence-electron chi connectivity index (χ1n) is 12.3. The minimum absolute atomic E-state index is 0.174. The molecule has 196 valence electrons. The van der Waals surface area contributed by atoms with Crippen LogP contribution in [0.5, 0.6) is 0 Å². The van der Waals surface area contributed by atoms with Gasteiger partial charge in [0, 0.05) is 34.6 Å². The Bertz CT molecular complexity index is 1640. The average molecular weight is 549 g/mol. The summed E-state index contributed by atoms with van der Waals surface area (Å²) in [6.07, 6.45) is 2.66. The van der Waals surface area contributed by atoms with Gasteiger partial charge in [-0.15, -0.1) is 5.10 Å². The van der Waals surface area contributed by atoms with E-state index < -0.39 is 14.7 Å². The first kappa shape index (κ1) is 26.1. The number of hydrogen-bond acceptors (Lipinski definition) is 6. The molecule has 0 bridgehead atoms. The Morgan fingerprint density at radius 2 is 1.71 bits per heavy atom. The molecule has 1 N–H and O–H groups in total. The number of pyridine rings is 1. The predicted molar refractivity (Wildman–Crippen MR) is 151 cm³/mol. The highest BCUT2D eigenvalue weighted by Gasteiger charge is 2.26. The molecule has 0 spiro atoms. The molecule has 0 fully saturated rings. The van der Waals surface area contributed by atoms with E-state index in [0.29, 0.717) is 22.7 Å². The number of nitrogens with zero attached hydrogens (tertiary/aromatic N) is 5. The van der Waals surface area contributed by atoms with Crippen molar-refractivity contribution in [3.8, 4) is 28.1 Å². The van der Waals surface area contributed by atoms with Crippen molar-refractivity contribution >= 4 is 30.8 Å². The topological polar surface area (TPSA) is 99.8 Å². The summed E-state index contributed by atoms with van der Waals surface area (Å²) in [5.41, 5.74) is 5.52. The number of ether oxygens (including phenoxy) is 1. The van der Waals surface area contributed by atoms with E-state index in [1.54, 1.807) is 41.3 Å². The van der Waals surface area contributed by atoms with Gasteiger partial charge >= 0.3 is 0 Å². The Labute approximate surface area is 226 Å². The lowest BCUT2D eigenvalue weighted by Crippen LogP contribution is -2.32. The number of hydrogen-bond donors (Lipinski definition) is 1. The fourth-order valence-electron chi connectivity index (χ4n) is 4.31. The van der Waals surface area contributed by atoms with Crippen LogP contribution in [0, 0.1) is 6.92 Å². The highest BCUT2D eigenvalue weighted by molar-refractivity contribution is 6.69. The predicted octanol–water partition coefficient (Wildman–Crippen LogP) is 5.95. The van der Waals surface area contributed by atoms with Crippen molar-refractivity contribution in [1.82, 2.24) is 29.8 Å². The maximum Gasteiger partial charge on any atom is 0.280 e. The molecule has 0 saturated carbocycles. The molecule has 0 radical (unpaired) electrons. The van der Waals surface area contributed by atoms with Crippen LogP contribution in [-0.4, -0.2) is 44.7 Å². The van der Waals surface area contributed by atoms with Crippen LogP contribution < -0.4 is 5.56 Å². The highest BCUT2D eigenvalue weighted by atomic mass is 35.5. The van der Waals surface area contributed by atoms with E-state index >= 15 is 0 Å². The molecule has 9 nitrogen and oxygen atoms in total. The highest BCUT2D eigenvalue weighted by Crippen LogP contribution is 2.32. The normalized spacial score (nSPS) is 12.8. The Hall–Kier alpha value is -3.57. The van der Waals surface area contributed by atoms with Gasteiger partial charge in [0.15, 0.2) is 8.32 Å². The summed E-state index contributed by atoms with van der Waals surface area (Å²) >= 11 is 6.04. The van der Waals surface area contributed by atoms with E-state index in [1.807, 2.05) is 38.1 Å². The molecule has 11 heteroatoms. The number of nitrogens with one attached hydrogen (secondary N) is 1. The molecule has 3 heterocycles. The molecule has 1 unspecified atom stereocenters. The van der Waals surface area contributed by atoms with Gasteiger partial charge in [-0.2, -0.15) is 4.68 Å². The molecule has 0 aliphatic carbocycles. The SMILES string of the molecule is CCOC(O[Si](C)(C)C)n1nncc1-c1ccc(-c2c(C)ncc3c(=O)n(-c4ccc(Cl)cc4)[nH]c23)cc1. The van der Waals surface area contributed by atoms with Crippen molar-refractivity contribution in [2.24, 2.45) is 0 Å². The number of benzene rings is 2. The minimum atomic E-state index is -1.91. The Kier molecular flexibility index (Phi) is 7.06. The maximum atomic E-state index is 13.2. The van der Waals surface area contributed by atoms with Crippen LogP contribution in [0.15, 0.2) is 65.7 Å². The molecule has 0 amide bonds. The summed E-state index contributed by atoms with van der Waals surface area (Å²) in [6, 6.07) is 15.1. The van der Waals surface area contributed by atoms with Crippen LogP contribution in [0.4, 0.5) is 0 Å². The van der Waals surface area contributed by atoms with Crippen LogP contribution in [0.3, 0.4) is 0 Å². The van der Waals surface area contributed by atoms with Crippen molar-refractivity contribution < 1.29 is 9.16 Å². The van der Waals surface area contributed by atoms with E-state index in [9.17, 15) is 4.79 Å². The standard InChI is InChI=1S/C27H29ClN6O3Si/c1-6-36-27(37-38(3,4)5)34-23(16-30-32-34)18-7-9-19(10-8-18)24-17(2)29-15-22-25(24)31-33(26(22)35)21-13-11-20(28)12-14-21/h7-16,27,31H,6H2,1-5H3. The molecular weight excluding hydrogens is 520 g/mol. The smallest absolute Gasteiger partial charge is 0.280 e. The molecule has 2 aromatic carbocycles. The lowest BCUT2D eigenvalue weighted by molar-refractivity contribution is -0.142. The van der Waals surface area contributed by atoms with E-state index in [4.69, 9.17) is 20.8 Å². The fraction of sp³-hybridized carbons (Fsp3) is 0.259. The zero-order chi connectivity index (χ0) is 27.0. The van der Waals surface area contributed by atoms with Crippen LogP contribution in [-0.2, 0) is 9.16 Å². The van der Waals surface area contributed by atoms with Crippen molar-refractivity contribution in [3.63, 3.8) is 0 Å². The monoisotopic (exact) mass is 548 g/mol. The lowest BCUT2D eigenvalue weighted by Gasteiger charge is -2.26. The van der Waals surface area contributed by atoms with E-state index in [2.05, 4.69) is 40.0 Å². The van der Waals surface area contributed by atoms with Gasteiger partial charge < -0.3 is 9.16 Å². The number of fused-ring (bicyclic) bond motifs is 1. The molecule has 0 aliphatic heterocycles. The number of rotatable bonds is 8. The summed E-state index contributed by atoms with van der Waals surface area (Å²) < 4.78 is 15.3. The second-order valence-electron chi connectivity index (χ2n) is 9.87. The number of H-pyrrole nitrogens is 1. The third-order valence-electron chi connectivity index (χ3n) is 6.02. The maximum absolute atomic E-state index is 13.2. The first-order valence-corrected chi connectivity index (χ1v) is 16.1. The fourth-order valence-corrected chi connectivity index (χ4v) is 5.20. The van der Waals surface area contributed by atoms with Gasteiger partial charge in [-0.25, -0.2) is 4.68 Å². The van der Waals surface area contributed by atoms with Gasteiger partial charge in [0.25, 0.3) is 12.0 Å². The lowest BCUT2D eigenvalue weighted by atomic mass is 10.00. The van der Waals surface area contributed by atoms with Gasteiger partial charge in [-0.3, -0.25) is 14.9 Å². The summed E-state index contributed by atoms with van der Waals surface area (Å²) in [7, 11) is -1.91. The van der Waals surface area contributed by atoms with E-state index in [1.165, 1.54) is 4.68 Å². The summed E-state index contributed by atoms with van der Waals surface area (Å²) in [5.74, 6) is 0. The van der Waals surface area contributed by atoms with Gasteiger partial charge in [-0.05, 0) is 63.3 Å². The van der Waals surface area contributed by atoms with Gasteiger partial charge in [-0.1, -0.05) is 41.1 Å². The molecule has 0 saturated heterocycles. The van der Waals surface area contributed by atoms with Crippen molar-refractivity contribution in [2.45, 2.75) is 39.9 Å². The summed E-state index contributed by atoms with van der Waals surface area (Å²) in [6.45, 7) is 10.6. The van der Waals surface area contributed by atoms with Crippen LogP contribution in [0.2, 0.25) is 24.7 Å². The van der Waals surface area contributed by atoms with Gasteiger partial charge in [0.05, 0.1) is 28.5 Å². The minimum Gasteiger partial charge on any atom is -0.376 e. The van der Waals surface area contributed by atoms with Crippen LogP contribution in [0.25, 0.3) is 39.0 Å². The Morgan fingerprint density at radius 3 is 2.37 bits per heavy atom. The van der Waals surface area contributed by atoms with Gasteiger partial charge in [0.2, 0.25) is 0 Å². The molecule has 5 aromatic rings. The van der Waals surface area contributed by atoms with Crippen LogP contribution in [0.1, 0.15) is 19.0 Å². The zero-order valence-electron chi connectivity index (χ0n) is 21.9. The Morgan fingerprint density at radius 1 is 1.03 bits per heavy atom. The average Bonchev–Trinajstić information content (AvgIpc) is 3.49. The molecule has 3 aromatic heterocycles. The number of aromatic nitrogens is 6. The van der Waals surface area contributed by atoms with E-state index in [0.717, 1.165) is 33.6 Å². The summed E-state index contributed by atoms with van der Waals surface area (Å²) in [4.78, 5) is 17.7. The number of halogens is 1. The van der Waals surface area contributed by atoms with E-state index in [-0.39, 0.29) is 5.56 Å².